The van der Waals surface area contributed by atoms with E-state index in [4.69, 9.17) is 4.43 Å². The second-order valence-electron chi connectivity index (χ2n) is 2.22. The summed E-state index contributed by atoms with van der Waals surface area (Å²) in [5, 5.41) is 0. The van der Waals surface area contributed by atoms with Gasteiger partial charge in [-0.3, -0.25) is 0 Å². The van der Waals surface area contributed by atoms with E-state index in [1.54, 1.807) is 0 Å². The Balaban J connectivity index is 3.04. The maximum absolute atomic E-state index is 5.45. The fourth-order valence-corrected chi connectivity index (χ4v) is 1.35. The van der Waals surface area contributed by atoms with Crippen molar-refractivity contribution >= 4 is 9.76 Å². The first kappa shape index (κ1) is 8.92. The standard InChI is InChI=1S/C7H16OSi/c1-4-6-7(3)8-9-5-2/h5,7H,2,4,6,9H2,1,3H3. The maximum atomic E-state index is 5.45. The van der Waals surface area contributed by atoms with Crippen molar-refractivity contribution < 1.29 is 4.43 Å². The van der Waals surface area contributed by atoms with Crippen molar-refractivity contribution in [3.05, 3.63) is 12.3 Å². The normalized spacial score (nSPS) is 14.4. The molecule has 9 heavy (non-hydrogen) atoms. The number of rotatable bonds is 5. The molecule has 1 unspecified atom stereocenters. The van der Waals surface area contributed by atoms with Gasteiger partial charge in [-0.25, -0.2) is 0 Å². The quantitative estimate of drug-likeness (QED) is 0.530. The molecule has 0 aromatic carbocycles. The van der Waals surface area contributed by atoms with Gasteiger partial charge in [-0.2, -0.15) is 0 Å². The summed E-state index contributed by atoms with van der Waals surface area (Å²) in [6.07, 6.45) is 2.85. The van der Waals surface area contributed by atoms with Crippen LogP contribution in [-0.2, 0) is 4.43 Å². The molecule has 0 bridgehead atoms. The van der Waals surface area contributed by atoms with Crippen molar-refractivity contribution in [3.8, 4) is 0 Å². The van der Waals surface area contributed by atoms with Crippen molar-refractivity contribution in [2.45, 2.75) is 32.8 Å². The molecule has 0 amide bonds. The average molecular weight is 144 g/mol. The summed E-state index contributed by atoms with van der Waals surface area (Å²) in [7, 11) is -0.382. The summed E-state index contributed by atoms with van der Waals surface area (Å²) in [6, 6.07) is 0. The molecule has 0 saturated carbocycles. The molecule has 2 heteroatoms. The third-order valence-electron chi connectivity index (χ3n) is 1.19. The molecule has 0 N–H and O–H groups in total. The van der Waals surface area contributed by atoms with E-state index in [-0.39, 0.29) is 9.76 Å². The summed E-state index contributed by atoms with van der Waals surface area (Å²) in [4.78, 5) is 0. The van der Waals surface area contributed by atoms with Crippen LogP contribution in [0.3, 0.4) is 0 Å². The monoisotopic (exact) mass is 144 g/mol. The van der Waals surface area contributed by atoms with Crippen molar-refractivity contribution in [1.29, 1.82) is 0 Å². The minimum absolute atomic E-state index is 0.382. The molecule has 1 nitrogen and oxygen atoms in total. The zero-order chi connectivity index (χ0) is 7.11. The van der Waals surface area contributed by atoms with Gasteiger partial charge in [-0.15, -0.1) is 6.58 Å². The third-order valence-corrected chi connectivity index (χ3v) is 2.19. The van der Waals surface area contributed by atoms with Crippen LogP contribution in [0.4, 0.5) is 0 Å². The Bertz CT molecular complexity index is 73.3. The smallest absolute Gasteiger partial charge is 0.184 e. The largest absolute Gasteiger partial charge is 0.417 e. The highest BCUT2D eigenvalue weighted by Crippen LogP contribution is 1.98. The molecule has 54 valence electrons. The predicted molar refractivity (Wildman–Crippen MR) is 44.2 cm³/mol. The van der Waals surface area contributed by atoms with Crippen LogP contribution >= 0.6 is 0 Å². The Morgan fingerprint density at radius 3 is 2.89 bits per heavy atom. The second kappa shape index (κ2) is 6.04. The van der Waals surface area contributed by atoms with E-state index in [1.165, 1.54) is 12.8 Å². The van der Waals surface area contributed by atoms with Gasteiger partial charge in [-0.05, 0) is 13.3 Å². The van der Waals surface area contributed by atoms with E-state index in [1.807, 2.05) is 5.70 Å². The minimum atomic E-state index is -0.382. The lowest BCUT2D eigenvalue weighted by Crippen LogP contribution is -2.09. The number of hydrogen-bond acceptors (Lipinski definition) is 1. The van der Waals surface area contributed by atoms with E-state index < -0.39 is 0 Å². The second-order valence-corrected chi connectivity index (χ2v) is 3.47. The van der Waals surface area contributed by atoms with E-state index in [0.717, 1.165) is 0 Å². The highest BCUT2D eigenvalue weighted by molar-refractivity contribution is 6.34. The van der Waals surface area contributed by atoms with E-state index >= 15 is 0 Å². The number of hydrogen-bond donors (Lipinski definition) is 0. The van der Waals surface area contributed by atoms with Gasteiger partial charge in [0.05, 0.1) is 0 Å². The van der Waals surface area contributed by atoms with Gasteiger partial charge in [-0.1, -0.05) is 19.0 Å². The van der Waals surface area contributed by atoms with Gasteiger partial charge in [0.2, 0.25) is 0 Å². The van der Waals surface area contributed by atoms with Crippen LogP contribution in [0.5, 0.6) is 0 Å². The molecule has 0 aliphatic heterocycles. The fourth-order valence-electron chi connectivity index (χ4n) is 0.722. The molecule has 0 aliphatic carbocycles. The molecule has 0 radical (unpaired) electrons. The Morgan fingerprint density at radius 1 is 1.78 bits per heavy atom. The van der Waals surface area contributed by atoms with E-state index in [2.05, 4.69) is 20.4 Å². The Labute approximate surface area is 60.1 Å². The van der Waals surface area contributed by atoms with E-state index in [9.17, 15) is 0 Å². The molecule has 1 atom stereocenters. The van der Waals surface area contributed by atoms with Crippen LogP contribution in [0, 0.1) is 0 Å². The zero-order valence-electron chi connectivity index (χ0n) is 6.39. The summed E-state index contributed by atoms with van der Waals surface area (Å²) in [6.45, 7) is 7.93. The Kier molecular flexibility index (Phi) is 5.99. The van der Waals surface area contributed by atoms with Crippen LogP contribution < -0.4 is 0 Å². The molecule has 0 fully saturated rings. The van der Waals surface area contributed by atoms with Gasteiger partial charge < -0.3 is 4.43 Å². The Morgan fingerprint density at radius 2 is 2.44 bits per heavy atom. The summed E-state index contributed by atoms with van der Waals surface area (Å²) >= 11 is 0. The van der Waals surface area contributed by atoms with Crippen LogP contribution in [0.15, 0.2) is 12.3 Å². The predicted octanol–water partition coefficient (Wildman–Crippen LogP) is 1.42. The molecule has 0 aromatic heterocycles. The van der Waals surface area contributed by atoms with Gasteiger partial charge in [0.1, 0.15) is 0 Å². The lowest BCUT2D eigenvalue weighted by atomic mass is 10.2. The summed E-state index contributed by atoms with van der Waals surface area (Å²) in [5.41, 5.74) is 1.92. The SMILES string of the molecule is C=C[SiH2]OC(C)CCC. The average Bonchev–Trinajstić information content (AvgIpc) is 1.85. The van der Waals surface area contributed by atoms with Gasteiger partial charge in [0.15, 0.2) is 9.76 Å². The Hall–Kier alpha value is -0.0831. The van der Waals surface area contributed by atoms with E-state index in [0.29, 0.717) is 6.10 Å². The zero-order valence-corrected chi connectivity index (χ0v) is 7.81. The molecule has 0 aromatic rings. The van der Waals surface area contributed by atoms with Gasteiger partial charge in [0.25, 0.3) is 0 Å². The molecule has 0 rings (SSSR count). The van der Waals surface area contributed by atoms with Crippen molar-refractivity contribution in [2.24, 2.45) is 0 Å². The summed E-state index contributed by atoms with van der Waals surface area (Å²) < 4.78 is 5.45. The van der Waals surface area contributed by atoms with Crippen molar-refractivity contribution in [2.75, 3.05) is 0 Å². The van der Waals surface area contributed by atoms with Crippen LogP contribution in [0.25, 0.3) is 0 Å². The molecule has 0 saturated heterocycles. The first-order valence-corrected chi connectivity index (χ1v) is 4.93. The van der Waals surface area contributed by atoms with Gasteiger partial charge in [0, 0.05) is 6.10 Å². The lowest BCUT2D eigenvalue weighted by molar-refractivity contribution is 0.224. The van der Waals surface area contributed by atoms with Crippen molar-refractivity contribution in [1.82, 2.24) is 0 Å². The summed E-state index contributed by atoms with van der Waals surface area (Å²) in [5.74, 6) is 0. The molecule has 0 heterocycles. The highest BCUT2D eigenvalue weighted by Gasteiger charge is 1.96. The minimum Gasteiger partial charge on any atom is -0.417 e. The third kappa shape index (κ3) is 5.79. The lowest BCUT2D eigenvalue weighted by Gasteiger charge is -2.08. The molecular weight excluding hydrogens is 128 g/mol. The first-order chi connectivity index (χ1) is 4.31. The fraction of sp³-hybridized carbons (Fsp3) is 0.714. The van der Waals surface area contributed by atoms with Crippen LogP contribution in [0.1, 0.15) is 26.7 Å². The molecular formula is C7H16OSi. The molecule has 0 spiro atoms. The highest BCUT2D eigenvalue weighted by atomic mass is 28.2. The van der Waals surface area contributed by atoms with Crippen LogP contribution in [-0.4, -0.2) is 15.9 Å². The molecule has 0 aliphatic rings. The topological polar surface area (TPSA) is 9.23 Å². The van der Waals surface area contributed by atoms with Gasteiger partial charge >= 0.3 is 0 Å². The maximum Gasteiger partial charge on any atom is 0.184 e. The van der Waals surface area contributed by atoms with Crippen molar-refractivity contribution in [3.63, 3.8) is 0 Å². The first-order valence-electron chi connectivity index (χ1n) is 3.53. The van der Waals surface area contributed by atoms with Crippen LogP contribution in [0.2, 0.25) is 0 Å².